The summed E-state index contributed by atoms with van der Waals surface area (Å²) in [7, 11) is -3.25. The van der Waals surface area contributed by atoms with Crippen LogP contribution in [-0.2, 0) is 21.4 Å². The molecule has 158 valence electrons. The maximum atomic E-state index is 12.4. The fourth-order valence-corrected chi connectivity index (χ4v) is 5.45. The molecular weight excluding hydrogens is 400 g/mol. The first-order chi connectivity index (χ1) is 14.5. The molecule has 0 saturated carbocycles. The van der Waals surface area contributed by atoms with Crippen molar-refractivity contribution in [3.63, 3.8) is 0 Å². The second kappa shape index (κ2) is 8.97. The van der Waals surface area contributed by atoms with Gasteiger partial charge in [0.1, 0.15) is 5.82 Å². The minimum absolute atomic E-state index is 0.00961. The van der Waals surface area contributed by atoms with Crippen molar-refractivity contribution >= 4 is 32.5 Å². The lowest BCUT2D eigenvalue weighted by atomic mass is 10.0. The zero-order chi connectivity index (χ0) is 21.0. The number of sulfonamides is 1. The molecular formula is C22H26N4O3S. The van der Waals surface area contributed by atoms with Gasteiger partial charge < -0.3 is 5.32 Å². The van der Waals surface area contributed by atoms with Gasteiger partial charge in [-0.2, -0.15) is 5.10 Å². The SMILES string of the molecule is O=C(CCCS(=O)(=O)N1CCCC1)Nc1ccnn1Cc1cccc2ccccc12. The van der Waals surface area contributed by atoms with Crippen LogP contribution in [0.5, 0.6) is 0 Å². The normalized spacial score (nSPS) is 14.9. The summed E-state index contributed by atoms with van der Waals surface area (Å²) in [6.07, 6.45) is 3.95. The molecule has 1 aliphatic heterocycles. The summed E-state index contributed by atoms with van der Waals surface area (Å²) >= 11 is 0. The number of fused-ring (bicyclic) bond motifs is 1. The van der Waals surface area contributed by atoms with Crippen LogP contribution >= 0.6 is 0 Å². The molecule has 2 heterocycles. The highest BCUT2D eigenvalue weighted by Crippen LogP contribution is 2.21. The quantitative estimate of drug-likeness (QED) is 0.599. The molecule has 8 heteroatoms. The van der Waals surface area contributed by atoms with Gasteiger partial charge in [0.25, 0.3) is 0 Å². The molecule has 30 heavy (non-hydrogen) atoms. The second-order valence-corrected chi connectivity index (χ2v) is 9.67. The molecule has 4 rings (SSSR count). The molecule has 0 unspecified atom stereocenters. The van der Waals surface area contributed by atoms with E-state index in [9.17, 15) is 13.2 Å². The van der Waals surface area contributed by atoms with Gasteiger partial charge in [-0.1, -0.05) is 42.5 Å². The summed E-state index contributed by atoms with van der Waals surface area (Å²) in [4.78, 5) is 12.4. The van der Waals surface area contributed by atoms with E-state index in [0.717, 1.165) is 29.2 Å². The lowest BCUT2D eigenvalue weighted by Gasteiger charge is -2.15. The highest BCUT2D eigenvalue weighted by molar-refractivity contribution is 7.89. The zero-order valence-electron chi connectivity index (χ0n) is 16.8. The van der Waals surface area contributed by atoms with E-state index in [0.29, 0.717) is 31.9 Å². The van der Waals surface area contributed by atoms with Crippen LogP contribution < -0.4 is 5.32 Å². The Bertz CT molecular complexity index is 1130. The molecule has 0 aliphatic carbocycles. The van der Waals surface area contributed by atoms with E-state index < -0.39 is 10.0 Å². The van der Waals surface area contributed by atoms with E-state index in [-0.39, 0.29) is 18.1 Å². The lowest BCUT2D eigenvalue weighted by Crippen LogP contribution is -2.30. The molecule has 3 aromatic rings. The molecule has 0 atom stereocenters. The van der Waals surface area contributed by atoms with Gasteiger partial charge >= 0.3 is 0 Å². The van der Waals surface area contributed by atoms with Crippen molar-refractivity contribution in [2.45, 2.75) is 32.2 Å². The minimum atomic E-state index is -3.25. The van der Waals surface area contributed by atoms with E-state index >= 15 is 0 Å². The topological polar surface area (TPSA) is 84.3 Å². The summed E-state index contributed by atoms with van der Waals surface area (Å²) in [5.41, 5.74) is 1.11. The fourth-order valence-electron chi connectivity index (χ4n) is 3.87. The Morgan fingerprint density at radius 3 is 2.63 bits per heavy atom. The number of hydrogen-bond acceptors (Lipinski definition) is 4. The molecule has 2 aromatic carbocycles. The molecule has 1 amide bonds. The van der Waals surface area contributed by atoms with Crippen LogP contribution in [0.1, 0.15) is 31.2 Å². The van der Waals surface area contributed by atoms with E-state index in [2.05, 4.69) is 34.7 Å². The number of amides is 1. The van der Waals surface area contributed by atoms with Crippen molar-refractivity contribution < 1.29 is 13.2 Å². The number of nitrogens with one attached hydrogen (secondary N) is 1. The van der Waals surface area contributed by atoms with Crippen LogP contribution in [0.4, 0.5) is 5.82 Å². The van der Waals surface area contributed by atoms with Crippen LogP contribution in [0.15, 0.2) is 54.7 Å². The molecule has 0 spiro atoms. The van der Waals surface area contributed by atoms with Gasteiger partial charge in [0, 0.05) is 25.6 Å². The molecule has 0 radical (unpaired) electrons. The average Bonchev–Trinajstić information content (AvgIpc) is 3.41. The Kier molecular flexibility index (Phi) is 6.15. The maximum Gasteiger partial charge on any atom is 0.225 e. The Balaban J connectivity index is 1.36. The smallest absolute Gasteiger partial charge is 0.225 e. The Morgan fingerprint density at radius 2 is 1.80 bits per heavy atom. The number of hydrogen-bond donors (Lipinski definition) is 1. The summed E-state index contributed by atoms with van der Waals surface area (Å²) in [6.45, 7) is 1.73. The first-order valence-corrected chi connectivity index (χ1v) is 11.9. The van der Waals surface area contributed by atoms with Gasteiger partial charge in [-0.3, -0.25) is 4.79 Å². The van der Waals surface area contributed by atoms with Gasteiger partial charge in [0.15, 0.2) is 0 Å². The first kappa shape index (κ1) is 20.6. The Labute approximate surface area is 176 Å². The fraction of sp³-hybridized carbons (Fsp3) is 0.364. The number of aromatic nitrogens is 2. The molecule has 1 N–H and O–H groups in total. The van der Waals surface area contributed by atoms with Crippen LogP contribution in [-0.4, -0.2) is 47.3 Å². The summed E-state index contributed by atoms with van der Waals surface area (Å²) in [5, 5.41) is 9.52. The molecule has 1 aliphatic rings. The molecule has 1 aromatic heterocycles. The number of carbonyl (C=O) groups excluding carboxylic acids is 1. The van der Waals surface area contributed by atoms with Crippen LogP contribution in [0.2, 0.25) is 0 Å². The van der Waals surface area contributed by atoms with Crippen LogP contribution in [0, 0.1) is 0 Å². The Morgan fingerprint density at radius 1 is 1.03 bits per heavy atom. The van der Waals surface area contributed by atoms with Gasteiger partial charge in [-0.05, 0) is 35.6 Å². The first-order valence-electron chi connectivity index (χ1n) is 10.3. The van der Waals surface area contributed by atoms with Crippen molar-refractivity contribution in [2.75, 3.05) is 24.2 Å². The number of benzene rings is 2. The van der Waals surface area contributed by atoms with Gasteiger partial charge in [-0.25, -0.2) is 17.4 Å². The molecule has 1 saturated heterocycles. The number of nitrogens with zero attached hydrogens (tertiary/aromatic N) is 3. The predicted molar refractivity (Wildman–Crippen MR) is 118 cm³/mol. The maximum absolute atomic E-state index is 12.4. The summed E-state index contributed by atoms with van der Waals surface area (Å²) in [5.74, 6) is 0.414. The molecule has 0 bridgehead atoms. The van der Waals surface area contributed by atoms with Gasteiger partial charge in [0.05, 0.1) is 18.5 Å². The number of carbonyl (C=O) groups is 1. The zero-order valence-corrected chi connectivity index (χ0v) is 17.6. The lowest BCUT2D eigenvalue weighted by molar-refractivity contribution is -0.116. The van der Waals surface area contributed by atoms with E-state index in [4.69, 9.17) is 0 Å². The van der Waals surface area contributed by atoms with Crippen molar-refractivity contribution in [3.05, 3.63) is 60.3 Å². The number of rotatable bonds is 8. The van der Waals surface area contributed by atoms with E-state index in [1.54, 1.807) is 16.9 Å². The third-order valence-corrected chi connectivity index (χ3v) is 7.41. The highest BCUT2D eigenvalue weighted by Gasteiger charge is 2.24. The van der Waals surface area contributed by atoms with Crippen molar-refractivity contribution in [2.24, 2.45) is 0 Å². The van der Waals surface area contributed by atoms with E-state index in [1.165, 1.54) is 4.31 Å². The third-order valence-electron chi connectivity index (χ3n) is 5.45. The Hall–Kier alpha value is -2.71. The van der Waals surface area contributed by atoms with Crippen molar-refractivity contribution in [1.29, 1.82) is 0 Å². The van der Waals surface area contributed by atoms with Crippen molar-refractivity contribution in [3.8, 4) is 0 Å². The van der Waals surface area contributed by atoms with Crippen LogP contribution in [0.3, 0.4) is 0 Å². The van der Waals surface area contributed by atoms with Crippen LogP contribution in [0.25, 0.3) is 10.8 Å². The average molecular weight is 427 g/mol. The van der Waals surface area contributed by atoms with E-state index in [1.807, 2.05) is 18.2 Å². The summed E-state index contributed by atoms with van der Waals surface area (Å²) in [6, 6.07) is 16.1. The second-order valence-electron chi connectivity index (χ2n) is 7.59. The predicted octanol–water partition coefficient (Wildman–Crippen LogP) is 3.23. The minimum Gasteiger partial charge on any atom is -0.311 e. The van der Waals surface area contributed by atoms with Gasteiger partial charge in [-0.15, -0.1) is 0 Å². The van der Waals surface area contributed by atoms with Crippen molar-refractivity contribution in [1.82, 2.24) is 14.1 Å². The monoisotopic (exact) mass is 426 g/mol. The molecule has 7 nitrogen and oxygen atoms in total. The largest absolute Gasteiger partial charge is 0.311 e. The van der Waals surface area contributed by atoms with Gasteiger partial charge in [0.2, 0.25) is 15.9 Å². The number of anilines is 1. The molecule has 1 fully saturated rings. The summed E-state index contributed by atoms with van der Waals surface area (Å²) < 4.78 is 27.8. The standard InChI is InChI=1S/C22H26N4O3S/c27-22(11-6-16-30(28,29)25-14-3-4-15-25)24-21-12-13-23-26(21)17-19-9-5-8-18-7-1-2-10-20(18)19/h1-2,5,7-10,12-13H,3-4,6,11,14-17H2,(H,24,27). The highest BCUT2D eigenvalue weighted by atomic mass is 32.2. The third kappa shape index (κ3) is 4.71.